The van der Waals surface area contributed by atoms with Crippen LogP contribution in [0.5, 0.6) is 0 Å². The van der Waals surface area contributed by atoms with Gasteiger partial charge in [-0.15, -0.1) is 0 Å². The molecule has 4 nitrogen and oxygen atoms in total. The lowest BCUT2D eigenvalue weighted by Gasteiger charge is -2.32. The van der Waals surface area contributed by atoms with E-state index in [4.69, 9.17) is 0 Å². The number of pyridine rings is 1. The van der Waals surface area contributed by atoms with Crippen LogP contribution in [-0.4, -0.2) is 16.6 Å². The smallest absolute Gasteiger partial charge is 0.253 e. The molecule has 0 radical (unpaired) electrons. The van der Waals surface area contributed by atoms with E-state index in [0.29, 0.717) is 5.56 Å². The molecule has 1 amide bonds. The van der Waals surface area contributed by atoms with Gasteiger partial charge in [-0.05, 0) is 69.0 Å². The third-order valence-electron chi connectivity index (χ3n) is 4.17. The van der Waals surface area contributed by atoms with E-state index in [9.17, 15) is 9.18 Å². The number of benzene rings is 1. The van der Waals surface area contributed by atoms with Gasteiger partial charge in [0.15, 0.2) is 0 Å². The van der Waals surface area contributed by atoms with E-state index in [2.05, 4.69) is 15.6 Å². The molecule has 1 aromatic heterocycles. The maximum Gasteiger partial charge on any atom is 0.253 e. The summed E-state index contributed by atoms with van der Waals surface area (Å²) in [6.45, 7) is 1.93. The number of hydrogen-bond donors (Lipinski definition) is 2. The van der Waals surface area contributed by atoms with Crippen molar-refractivity contribution >= 4 is 11.7 Å². The van der Waals surface area contributed by atoms with Crippen LogP contribution in [0, 0.1) is 12.7 Å². The zero-order valence-electron chi connectivity index (χ0n) is 13.1. The third-order valence-corrected chi connectivity index (χ3v) is 4.17. The molecule has 2 N–H and O–H groups in total. The zero-order chi connectivity index (χ0) is 16.3. The van der Waals surface area contributed by atoms with E-state index in [1.54, 1.807) is 0 Å². The molecule has 0 atom stereocenters. The van der Waals surface area contributed by atoms with Crippen molar-refractivity contribution < 1.29 is 9.18 Å². The Bertz CT molecular complexity index is 694. The summed E-state index contributed by atoms with van der Waals surface area (Å²) in [6.07, 6.45) is 3.77. The second kappa shape index (κ2) is 6.36. The molecule has 1 saturated carbocycles. The Morgan fingerprint density at radius 3 is 2.48 bits per heavy atom. The first kappa shape index (κ1) is 15.5. The van der Waals surface area contributed by atoms with Crippen LogP contribution in [0.4, 0.5) is 10.2 Å². The molecule has 120 valence electrons. The van der Waals surface area contributed by atoms with Crippen LogP contribution >= 0.6 is 0 Å². The van der Waals surface area contributed by atoms with E-state index in [1.807, 2.05) is 25.1 Å². The molecule has 1 aliphatic carbocycles. The fraction of sp³-hybridized carbons (Fsp3) is 0.333. The number of aromatic nitrogens is 1. The maximum absolute atomic E-state index is 13.0. The van der Waals surface area contributed by atoms with Crippen LogP contribution in [0.1, 0.15) is 41.7 Å². The highest BCUT2D eigenvalue weighted by molar-refractivity contribution is 5.94. The first-order chi connectivity index (χ1) is 11.1. The Kier molecular flexibility index (Phi) is 4.28. The van der Waals surface area contributed by atoms with Crippen molar-refractivity contribution in [2.24, 2.45) is 0 Å². The molecule has 23 heavy (non-hydrogen) atoms. The van der Waals surface area contributed by atoms with Crippen LogP contribution in [0.25, 0.3) is 0 Å². The van der Waals surface area contributed by atoms with Gasteiger partial charge < -0.3 is 10.6 Å². The number of carbonyl (C=O) groups excluding carboxylic acids is 1. The number of halogens is 1. The Labute approximate surface area is 135 Å². The molecular weight excluding hydrogens is 293 g/mol. The highest BCUT2D eigenvalue weighted by Crippen LogP contribution is 2.31. The predicted molar refractivity (Wildman–Crippen MR) is 87.7 cm³/mol. The van der Waals surface area contributed by atoms with Crippen molar-refractivity contribution in [1.29, 1.82) is 0 Å². The Hall–Kier alpha value is -2.43. The highest BCUT2D eigenvalue weighted by Gasteiger charge is 2.35. The molecular formula is C18H20FN3O. The molecule has 3 rings (SSSR count). The van der Waals surface area contributed by atoms with Crippen LogP contribution < -0.4 is 10.6 Å². The average Bonchev–Trinajstić information content (AvgIpc) is 2.96. The minimum absolute atomic E-state index is 0.202. The lowest BCUT2D eigenvalue weighted by atomic mass is 10.1. The van der Waals surface area contributed by atoms with Crippen LogP contribution in [0.15, 0.2) is 42.5 Å². The fourth-order valence-electron chi connectivity index (χ4n) is 3.01. The normalized spacial score (nSPS) is 16.1. The summed E-state index contributed by atoms with van der Waals surface area (Å²) >= 11 is 0. The molecule has 2 aromatic rings. The van der Waals surface area contributed by atoms with Gasteiger partial charge in [0.25, 0.3) is 5.91 Å². The number of anilines is 1. The van der Waals surface area contributed by atoms with E-state index < -0.39 is 5.66 Å². The standard InChI is InChI=1S/C18H20FN3O/c1-13-5-4-6-16(20-13)21-18(11-2-3-12-18)22-17(23)14-7-9-15(19)10-8-14/h4-10H,2-3,11-12H2,1H3,(H,20,21)(H,22,23). The molecule has 1 aliphatic rings. The highest BCUT2D eigenvalue weighted by atomic mass is 19.1. The third kappa shape index (κ3) is 3.67. The minimum atomic E-state index is -0.494. The summed E-state index contributed by atoms with van der Waals surface area (Å²) in [5.41, 5.74) is 0.886. The summed E-state index contributed by atoms with van der Waals surface area (Å²) < 4.78 is 13.0. The van der Waals surface area contributed by atoms with Crippen molar-refractivity contribution in [2.45, 2.75) is 38.3 Å². The van der Waals surface area contributed by atoms with Gasteiger partial charge in [0, 0.05) is 11.3 Å². The van der Waals surface area contributed by atoms with E-state index >= 15 is 0 Å². The van der Waals surface area contributed by atoms with Crippen molar-refractivity contribution in [2.75, 3.05) is 5.32 Å². The van der Waals surface area contributed by atoms with E-state index in [-0.39, 0.29) is 11.7 Å². The lowest BCUT2D eigenvalue weighted by molar-refractivity contribution is 0.0911. The van der Waals surface area contributed by atoms with Gasteiger partial charge in [0.2, 0.25) is 0 Å². The number of rotatable bonds is 4. The maximum atomic E-state index is 13.0. The van der Waals surface area contributed by atoms with Crippen LogP contribution in [-0.2, 0) is 0 Å². The molecule has 0 unspecified atom stereocenters. The van der Waals surface area contributed by atoms with Crippen molar-refractivity contribution in [3.63, 3.8) is 0 Å². The van der Waals surface area contributed by atoms with E-state index in [0.717, 1.165) is 37.2 Å². The van der Waals surface area contributed by atoms with Crippen LogP contribution in [0.2, 0.25) is 0 Å². The molecule has 0 aliphatic heterocycles. The lowest BCUT2D eigenvalue weighted by Crippen LogP contribution is -2.52. The first-order valence-corrected chi connectivity index (χ1v) is 7.86. The molecule has 1 heterocycles. The van der Waals surface area contributed by atoms with Crippen molar-refractivity contribution in [3.8, 4) is 0 Å². The van der Waals surface area contributed by atoms with Crippen molar-refractivity contribution in [1.82, 2.24) is 10.3 Å². The predicted octanol–water partition coefficient (Wildman–Crippen LogP) is 3.64. The Balaban J connectivity index is 1.78. The monoisotopic (exact) mass is 313 g/mol. The summed E-state index contributed by atoms with van der Waals surface area (Å²) in [5, 5.41) is 6.47. The fourth-order valence-corrected chi connectivity index (χ4v) is 3.01. The largest absolute Gasteiger partial charge is 0.348 e. The van der Waals surface area contributed by atoms with Crippen molar-refractivity contribution in [3.05, 3.63) is 59.5 Å². The van der Waals surface area contributed by atoms with Gasteiger partial charge in [0.1, 0.15) is 17.3 Å². The average molecular weight is 313 g/mol. The number of aryl methyl sites for hydroxylation is 1. The number of carbonyl (C=O) groups is 1. The topological polar surface area (TPSA) is 54.0 Å². The molecule has 0 spiro atoms. The van der Waals surface area contributed by atoms with Crippen LogP contribution in [0.3, 0.4) is 0 Å². The molecule has 1 fully saturated rings. The van der Waals surface area contributed by atoms with Gasteiger partial charge in [-0.2, -0.15) is 0 Å². The van der Waals surface area contributed by atoms with Gasteiger partial charge in [-0.1, -0.05) is 6.07 Å². The summed E-state index contributed by atoms with van der Waals surface area (Å²) in [7, 11) is 0. The second-order valence-corrected chi connectivity index (χ2v) is 6.04. The molecule has 0 saturated heterocycles. The van der Waals surface area contributed by atoms with Gasteiger partial charge >= 0.3 is 0 Å². The summed E-state index contributed by atoms with van der Waals surface area (Å²) in [6, 6.07) is 11.4. The number of nitrogens with one attached hydrogen (secondary N) is 2. The zero-order valence-corrected chi connectivity index (χ0v) is 13.1. The Morgan fingerprint density at radius 1 is 1.13 bits per heavy atom. The van der Waals surface area contributed by atoms with E-state index in [1.165, 1.54) is 24.3 Å². The molecule has 5 heteroatoms. The second-order valence-electron chi connectivity index (χ2n) is 6.04. The number of nitrogens with zero attached hydrogens (tertiary/aromatic N) is 1. The molecule has 0 bridgehead atoms. The number of amides is 1. The summed E-state index contributed by atoms with van der Waals surface area (Å²) in [4.78, 5) is 16.9. The Morgan fingerprint density at radius 2 is 1.83 bits per heavy atom. The molecule has 1 aromatic carbocycles. The summed E-state index contributed by atoms with van der Waals surface area (Å²) in [5.74, 6) is 0.206. The number of hydrogen-bond acceptors (Lipinski definition) is 3. The van der Waals surface area contributed by atoms with Gasteiger partial charge in [-0.25, -0.2) is 9.37 Å². The quantitative estimate of drug-likeness (QED) is 0.847. The minimum Gasteiger partial charge on any atom is -0.348 e. The van der Waals surface area contributed by atoms with Gasteiger partial charge in [-0.3, -0.25) is 4.79 Å². The SMILES string of the molecule is Cc1cccc(NC2(NC(=O)c3ccc(F)cc3)CCCC2)n1. The first-order valence-electron chi connectivity index (χ1n) is 7.86. The van der Waals surface area contributed by atoms with Gasteiger partial charge in [0.05, 0.1) is 0 Å².